The summed E-state index contributed by atoms with van der Waals surface area (Å²) in [6.45, 7) is 2.18. The van der Waals surface area contributed by atoms with Gasteiger partial charge in [-0.05, 0) is 53.1 Å². The van der Waals surface area contributed by atoms with Crippen LogP contribution in [-0.2, 0) is 11.2 Å². The zero-order valence-corrected chi connectivity index (χ0v) is 18.1. The van der Waals surface area contributed by atoms with E-state index < -0.39 is 0 Å². The first-order chi connectivity index (χ1) is 14.6. The number of tetrazole rings is 1. The topological polar surface area (TPSA) is 91.2 Å². The third-order valence-corrected chi connectivity index (χ3v) is 5.36. The molecule has 0 unspecified atom stereocenters. The fraction of sp³-hybridized carbons (Fsp3) is 0.333. The monoisotopic (exact) mass is 427 g/mol. The van der Waals surface area contributed by atoms with Gasteiger partial charge >= 0.3 is 0 Å². The first kappa shape index (κ1) is 21.6. The van der Waals surface area contributed by atoms with Gasteiger partial charge in [-0.15, -0.1) is 5.10 Å². The lowest BCUT2D eigenvalue weighted by Gasteiger charge is -2.10. The number of benzene rings is 2. The molecule has 0 fully saturated rings. The Morgan fingerprint density at radius 1 is 1.10 bits per heavy atom. The fourth-order valence-electron chi connectivity index (χ4n) is 2.86. The quantitative estimate of drug-likeness (QED) is 0.493. The Bertz CT molecular complexity index is 975. The van der Waals surface area contributed by atoms with Gasteiger partial charge in [0.1, 0.15) is 0 Å². The number of aromatic nitrogens is 4. The molecule has 30 heavy (non-hydrogen) atoms. The van der Waals surface area contributed by atoms with E-state index in [1.54, 1.807) is 37.1 Å². The highest BCUT2D eigenvalue weighted by Gasteiger charge is 2.13. The number of ether oxygens (including phenoxy) is 2. The van der Waals surface area contributed by atoms with Crippen LogP contribution in [-0.4, -0.2) is 46.1 Å². The molecule has 0 spiro atoms. The van der Waals surface area contributed by atoms with E-state index in [9.17, 15) is 4.79 Å². The molecular formula is C21H25N5O3S. The molecule has 2 aromatic carbocycles. The van der Waals surface area contributed by atoms with Crippen LogP contribution in [0.4, 0.5) is 5.69 Å². The summed E-state index contributed by atoms with van der Waals surface area (Å²) < 4.78 is 12.1. The summed E-state index contributed by atoms with van der Waals surface area (Å²) in [7, 11) is 3.12. The number of rotatable bonds is 10. The molecule has 1 amide bonds. The molecule has 1 N–H and O–H groups in total. The van der Waals surface area contributed by atoms with E-state index in [4.69, 9.17) is 9.47 Å². The summed E-state index contributed by atoms with van der Waals surface area (Å²) >= 11 is 1.27. The summed E-state index contributed by atoms with van der Waals surface area (Å²) in [5.41, 5.74) is 2.78. The van der Waals surface area contributed by atoms with E-state index in [1.807, 2.05) is 12.1 Å². The third-order valence-electron chi connectivity index (χ3n) is 4.44. The fourth-order valence-corrected chi connectivity index (χ4v) is 3.55. The van der Waals surface area contributed by atoms with Crippen LogP contribution in [0.2, 0.25) is 0 Å². The number of methoxy groups -OCH3 is 2. The Balaban J connectivity index is 1.60. The van der Waals surface area contributed by atoms with Gasteiger partial charge in [0.15, 0.2) is 11.5 Å². The van der Waals surface area contributed by atoms with Crippen molar-refractivity contribution in [2.75, 3.05) is 25.3 Å². The molecule has 0 bridgehead atoms. The van der Waals surface area contributed by atoms with Crippen LogP contribution >= 0.6 is 11.8 Å². The van der Waals surface area contributed by atoms with Crippen molar-refractivity contribution in [3.63, 3.8) is 0 Å². The number of carbonyl (C=O) groups excluding carboxylic acids is 1. The lowest BCUT2D eigenvalue weighted by Crippen LogP contribution is -2.14. The largest absolute Gasteiger partial charge is 0.493 e. The molecule has 1 aromatic heterocycles. The summed E-state index contributed by atoms with van der Waals surface area (Å²) in [5, 5.41) is 15.2. The number of nitrogens with one attached hydrogen (secondary N) is 1. The summed E-state index contributed by atoms with van der Waals surface area (Å²) in [6.07, 6.45) is 3.39. The Labute approximate surface area is 180 Å². The maximum atomic E-state index is 12.4. The molecule has 3 rings (SSSR count). The predicted octanol–water partition coefficient (Wildman–Crippen LogP) is 3.75. The van der Waals surface area contributed by atoms with Crippen molar-refractivity contribution < 1.29 is 14.3 Å². The highest BCUT2D eigenvalue weighted by molar-refractivity contribution is 7.99. The summed E-state index contributed by atoms with van der Waals surface area (Å²) in [6, 6.07) is 13.4. The number of amides is 1. The molecule has 0 atom stereocenters. The standard InChI is InChI=1S/C21H25N5O3S/c1-4-5-6-15-7-10-17(11-8-15)26-21(23-24-25-26)30-14-20(27)22-16-9-12-18(28-2)19(13-16)29-3/h7-13H,4-6,14H2,1-3H3,(H,22,27). The van der Waals surface area contributed by atoms with E-state index in [0.29, 0.717) is 22.3 Å². The Morgan fingerprint density at radius 3 is 2.57 bits per heavy atom. The Kier molecular flexibility index (Phi) is 7.67. The smallest absolute Gasteiger partial charge is 0.234 e. The van der Waals surface area contributed by atoms with Gasteiger partial charge in [0.2, 0.25) is 11.1 Å². The number of nitrogens with zero attached hydrogens (tertiary/aromatic N) is 4. The number of hydrogen-bond acceptors (Lipinski definition) is 7. The SMILES string of the molecule is CCCCc1ccc(-n2nnnc2SCC(=O)Nc2ccc(OC)c(OC)c2)cc1. The Hall–Kier alpha value is -3.07. The van der Waals surface area contributed by atoms with Crippen LogP contribution in [0.25, 0.3) is 5.69 Å². The first-order valence-corrected chi connectivity index (χ1v) is 10.7. The van der Waals surface area contributed by atoms with Gasteiger partial charge in [-0.1, -0.05) is 37.2 Å². The second-order valence-electron chi connectivity index (χ2n) is 6.55. The normalized spacial score (nSPS) is 10.6. The molecule has 0 saturated carbocycles. The molecule has 3 aromatic rings. The van der Waals surface area contributed by atoms with Gasteiger partial charge in [0.05, 0.1) is 25.7 Å². The molecule has 0 aliphatic carbocycles. The molecular weight excluding hydrogens is 402 g/mol. The third kappa shape index (κ3) is 5.50. The zero-order chi connectivity index (χ0) is 21.3. The van der Waals surface area contributed by atoms with Gasteiger partial charge in [0, 0.05) is 11.8 Å². The van der Waals surface area contributed by atoms with Gasteiger partial charge in [-0.25, -0.2) is 0 Å². The van der Waals surface area contributed by atoms with Crippen molar-refractivity contribution in [2.45, 2.75) is 31.3 Å². The van der Waals surface area contributed by atoms with E-state index in [-0.39, 0.29) is 11.7 Å². The molecule has 158 valence electrons. The van der Waals surface area contributed by atoms with Crippen LogP contribution in [0.5, 0.6) is 11.5 Å². The minimum atomic E-state index is -0.170. The van der Waals surface area contributed by atoms with Gasteiger partial charge < -0.3 is 14.8 Å². The molecule has 9 heteroatoms. The molecule has 0 radical (unpaired) electrons. The van der Waals surface area contributed by atoms with Crippen LogP contribution < -0.4 is 14.8 Å². The van der Waals surface area contributed by atoms with Crippen molar-refractivity contribution in [3.05, 3.63) is 48.0 Å². The van der Waals surface area contributed by atoms with Crippen LogP contribution in [0.15, 0.2) is 47.6 Å². The lowest BCUT2D eigenvalue weighted by atomic mass is 10.1. The maximum Gasteiger partial charge on any atom is 0.234 e. The van der Waals surface area contributed by atoms with Crippen LogP contribution in [0, 0.1) is 0 Å². The summed E-state index contributed by atoms with van der Waals surface area (Å²) in [4.78, 5) is 12.4. The van der Waals surface area contributed by atoms with Crippen LogP contribution in [0.1, 0.15) is 25.3 Å². The van der Waals surface area contributed by atoms with Crippen molar-refractivity contribution in [3.8, 4) is 17.2 Å². The average Bonchev–Trinajstić information content (AvgIpc) is 3.25. The Morgan fingerprint density at radius 2 is 1.87 bits per heavy atom. The zero-order valence-electron chi connectivity index (χ0n) is 17.3. The maximum absolute atomic E-state index is 12.4. The highest BCUT2D eigenvalue weighted by atomic mass is 32.2. The van der Waals surface area contributed by atoms with Crippen molar-refractivity contribution in [1.29, 1.82) is 0 Å². The second kappa shape index (κ2) is 10.6. The van der Waals surface area contributed by atoms with E-state index in [2.05, 4.69) is 39.9 Å². The van der Waals surface area contributed by atoms with Gasteiger partial charge in [-0.2, -0.15) is 4.68 Å². The number of aryl methyl sites for hydroxylation is 1. The van der Waals surface area contributed by atoms with E-state index in [0.717, 1.165) is 12.1 Å². The number of unbranched alkanes of at least 4 members (excludes halogenated alkanes) is 1. The highest BCUT2D eigenvalue weighted by Crippen LogP contribution is 2.30. The van der Waals surface area contributed by atoms with Crippen molar-refractivity contribution in [2.24, 2.45) is 0 Å². The minimum absolute atomic E-state index is 0.170. The average molecular weight is 428 g/mol. The number of hydrogen-bond donors (Lipinski definition) is 1. The number of anilines is 1. The number of carbonyl (C=O) groups is 1. The van der Waals surface area contributed by atoms with Gasteiger partial charge in [0.25, 0.3) is 0 Å². The predicted molar refractivity (Wildman–Crippen MR) is 117 cm³/mol. The summed E-state index contributed by atoms with van der Waals surface area (Å²) in [5.74, 6) is 1.15. The lowest BCUT2D eigenvalue weighted by molar-refractivity contribution is -0.113. The molecule has 8 nitrogen and oxygen atoms in total. The van der Waals surface area contributed by atoms with Crippen molar-refractivity contribution >= 4 is 23.4 Å². The minimum Gasteiger partial charge on any atom is -0.493 e. The van der Waals surface area contributed by atoms with E-state index in [1.165, 1.54) is 30.2 Å². The van der Waals surface area contributed by atoms with Gasteiger partial charge in [-0.3, -0.25) is 4.79 Å². The molecule has 1 heterocycles. The number of thioether (sulfide) groups is 1. The molecule has 0 aliphatic rings. The molecule has 0 saturated heterocycles. The van der Waals surface area contributed by atoms with E-state index >= 15 is 0 Å². The molecule has 0 aliphatic heterocycles. The van der Waals surface area contributed by atoms with Crippen molar-refractivity contribution in [1.82, 2.24) is 20.2 Å². The van der Waals surface area contributed by atoms with Crippen LogP contribution in [0.3, 0.4) is 0 Å². The first-order valence-electron chi connectivity index (χ1n) is 9.67. The second-order valence-corrected chi connectivity index (χ2v) is 7.49.